The lowest BCUT2D eigenvalue weighted by atomic mass is 10.3. The third-order valence-electron chi connectivity index (χ3n) is 3.65. The highest BCUT2D eigenvalue weighted by Gasteiger charge is 2.07. The first-order valence-electron chi connectivity index (χ1n) is 7.52. The molecule has 7 nitrogen and oxygen atoms in total. The molecule has 0 unspecified atom stereocenters. The summed E-state index contributed by atoms with van der Waals surface area (Å²) in [7, 11) is 0. The van der Waals surface area contributed by atoms with Crippen molar-refractivity contribution >= 4 is 23.1 Å². The molecule has 0 atom stereocenters. The van der Waals surface area contributed by atoms with Crippen molar-refractivity contribution in [1.82, 2.24) is 24.8 Å². The summed E-state index contributed by atoms with van der Waals surface area (Å²) in [5.41, 5.74) is 2.71. The summed E-state index contributed by atoms with van der Waals surface area (Å²) < 4.78 is 1.92. The van der Waals surface area contributed by atoms with Crippen LogP contribution in [0.3, 0.4) is 0 Å². The van der Waals surface area contributed by atoms with E-state index in [0.29, 0.717) is 24.5 Å². The second-order valence-corrected chi connectivity index (χ2v) is 6.02. The Hall–Kier alpha value is -2.74. The number of amides is 1. The van der Waals surface area contributed by atoms with E-state index in [1.165, 1.54) is 17.7 Å². The average Bonchev–Trinajstić information content (AvgIpc) is 3.23. The highest BCUT2D eigenvalue weighted by atomic mass is 32.1. The predicted molar refractivity (Wildman–Crippen MR) is 93.8 cm³/mol. The number of imidazole rings is 1. The largest absolute Gasteiger partial charge is 0.368 e. The molecule has 3 heterocycles. The molecular formula is C16H18N6OS. The number of anilines is 1. The number of carbonyl (C=O) groups excluding carboxylic acids is 1. The number of rotatable bonds is 6. The van der Waals surface area contributed by atoms with Crippen LogP contribution in [0.4, 0.5) is 5.82 Å². The summed E-state index contributed by atoms with van der Waals surface area (Å²) in [6.07, 6.45) is 3.26. The number of aromatic nitrogens is 4. The summed E-state index contributed by atoms with van der Waals surface area (Å²) in [6, 6.07) is 3.66. The van der Waals surface area contributed by atoms with Gasteiger partial charge in [0.2, 0.25) is 0 Å². The van der Waals surface area contributed by atoms with Crippen molar-refractivity contribution in [2.24, 2.45) is 0 Å². The maximum atomic E-state index is 11.8. The van der Waals surface area contributed by atoms with Gasteiger partial charge in [0, 0.05) is 35.8 Å². The standard InChI is InChI=1S/C16H18N6OS/c1-11-12(2)22(10-21-11)15-7-14(19-9-20-15)17-4-5-18-16(23)13-3-6-24-8-13/h3,6-10H,4-5H2,1-2H3,(H,18,23)(H,17,19,20). The van der Waals surface area contributed by atoms with Crippen LogP contribution in [-0.2, 0) is 0 Å². The maximum absolute atomic E-state index is 11.8. The molecule has 124 valence electrons. The Balaban J connectivity index is 1.55. The van der Waals surface area contributed by atoms with Crippen LogP contribution in [0.1, 0.15) is 21.7 Å². The minimum absolute atomic E-state index is 0.0639. The van der Waals surface area contributed by atoms with Crippen molar-refractivity contribution in [2.75, 3.05) is 18.4 Å². The smallest absolute Gasteiger partial charge is 0.252 e. The molecule has 0 saturated heterocycles. The quantitative estimate of drug-likeness (QED) is 0.671. The lowest BCUT2D eigenvalue weighted by Gasteiger charge is -2.09. The molecule has 3 aromatic rings. The maximum Gasteiger partial charge on any atom is 0.252 e. The molecule has 24 heavy (non-hydrogen) atoms. The number of thiophene rings is 1. The number of nitrogens with zero attached hydrogens (tertiary/aromatic N) is 4. The normalized spacial score (nSPS) is 10.6. The predicted octanol–water partition coefficient (Wildman–Crippen LogP) is 2.18. The van der Waals surface area contributed by atoms with E-state index in [4.69, 9.17) is 0 Å². The van der Waals surface area contributed by atoms with Gasteiger partial charge >= 0.3 is 0 Å². The molecule has 0 aliphatic heterocycles. The summed E-state index contributed by atoms with van der Waals surface area (Å²) in [5.74, 6) is 1.40. The number of aryl methyl sites for hydroxylation is 1. The molecule has 3 aromatic heterocycles. The van der Waals surface area contributed by atoms with Crippen molar-refractivity contribution in [3.63, 3.8) is 0 Å². The van der Waals surface area contributed by atoms with E-state index >= 15 is 0 Å². The van der Waals surface area contributed by atoms with Gasteiger partial charge in [0.1, 0.15) is 24.3 Å². The Morgan fingerprint density at radius 2 is 2.12 bits per heavy atom. The second-order valence-electron chi connectivity index (χ2n) is 5.24. The van der Waals surface area contributed by atoms with E-state index in [-0.39, 0.29) is 5.91 Å². The fourth-order valence-corrected chi connectivity index (χ4v) is 2.80. The molecule has 1 amide bonds. The first-order valence-corrected chi connectivity index (χ1v) is 8.46. The van der Waals surface area contributed by atoms with E-state index in [1.54, 1.807) is 12.4 Å². The summed E-state index contributed by atoms with van der Waals surface area (Å²) in [4.78, 5) is 24.6. The van der Waals surface area contributed by atoms with Gasteiger partial charge in [0.15, 0.2) is 0 Å². The zero-order chi connectivity index (χ0) is 16.9. The zero-order valence-electron chi connectivity index (χ0n) is 13.5. The topological polar surface area (TPSA) is 84.7 Å². The van der Waals surface area contributed by atoms with E-state index in [9.17, 15) is 4.79 Å². The molecule has 0 fully saturated rings. The first kappa shape index (κ1) is 16.1. The molecule has 3 rings (SSSR count). The molecule has 0 aliphatic carbocycles. The number of hydrogen-bond donors (Lipinski definition) is 2. The van der Waals surface area contributed by atoms with Crippen LogP contribution in [-0.4, -0.2) is 38.5 Å². The van der Waals surface area contributed by atoms with Crippen LogP contribution in [0.5, 0.6) is 0 Å². The lowest BCUT2D eigenvalue weighted by molar-refractivity contribution is 0.0955. The highest BCUT2D eigenvalue weighted by Crippen LogP contribution is 2.13. The zero-order valence-corrected chi connectivity index (χ0v) is 14.3. The van der Waals surface area contributed by atoms with E-state index < -0.39 is 0 Å². The van der Waals surface area contributed by atoms with Gasteiger partial charge in [-0.1, -0.05) is 0 Å². The Morgan fingerprint density at radius 1 is 1.25 bits per heavy atom. The molecule has 0 radical (unpaired) electrons. The third kappa shape index (κ3) is 3.60. The van der Waals surface area contributed by atoms with Gasteiger partial charge in [0.05, 0.1) is 5.69 Å². The summed E-state index contributed by atoms with van der Waals surface area (Å²) in [6.45, 7) is 5.05. The Labute approximate surface area is 143 Å². The van der Waals surface area contributed by atoms with Gasteiger partial charge in [-0.3, -0.25) is 9.36 Å². The van der Waals surface area contributed by atoms with E-state index in [2.05, 4.69) is 25.6 Å². The van der Waals surface area contributed by atoms with Gasteiger partial charge in [-0.15, -0.1) is 0 Å². The summed E-state index contributed by atoms with van der Waals surface area (Å²) in [5, 5.41) is 9.76. The van der Waals surface area contributed by atoms with Gasteiger partial charge in [-0.25, -0.2) is 15.0 Å². The van der Waals surface area contributed by atoms with Crippen molar-refractivity contribution in [3.05, 3.63) is 52.5 Å². The molecule has 8 heteroatoms. The molecule has 0 spiro atoms. The summed E-state index contributed by atoms with van der Waals surface area (Å²) >= 11 is 1.51. The molecule has 2 N–H and O–H groups in total. The van der Waals surface area contributed by atoms with Gasteiger partial charge in [-0.05, 0) is 25.3 Å². The fourth-order valence-electron chi connectivity index (χ4n) is 2.17. The monoisotopic (exact) mass is 342 g/mol. The number of nitrogens with one attached hydrogen (secondary N) is 2. The van der Waals surface area contributed by atoms with Crippen molar-refractivity contribution < 1.29 is 4.79 Å². The van der Waals surface area contributed by atoms with E-state index in [0.717, 1.165) is 17.2 Å². The Morgan fingerprint density at radius 3 is 2.83 bits per heavy atom. The first-order chi connectivity index (χ1) is 11.6. The minimum atomic E-state index is -0.0639. The second kappa shape index (κ2) is 7.22. The van der Waals surface area contributed by atoms with Crippen molar-refractivity contribution in [2.45, 2.75) is 13.8 Å². The molecular weight excluding hydrogens is 324 g/mol. The lowest BCUT2D eigenvalue weighted by Crippen LogP contribution is -2.28. The van der Waals surface area contributed by atoms with Crippen molar-refractivity contribution in [3.8, 4) is 5.82 Å². The third-order valence-corrected chi connectivity index (χ3v) is 4.33. The van der Waals surface area contributed by atoms with Crippen LogP contribution >= 0.6 is 11.3 Å². The Kier molecular flexibility index (Phi) is 4.85. The van der Waals surface area contributed by atoms with Gasteiger partial charge in [0.25, 0.3) is 5.91 Å². The number of hydrogen-bond acceptors (Lipinski definition) is 6. The Bertz CT molecular complexity index is 827. The molecule has 0 aromatic carbocycles. The van der Waals surface area contributed by atoms with Crippen LogP contribution < -0.4 is 10.6 Å². The van der Waals surface area contributed by atoms with Gasteiger partial charge in [-0.2, -0.15) is 11.3 Å². The number of carbonyl (C=O) groups is 1. The fraction of sp³-hybridized carbons (Fsp3) is 0.250. The van der Waals surface area contributed by atoms with Gasteiger partial charge < -0.3 is 10.6 Å². The van der Waals surface area contributed by atoms with Crippen LogP contribution in [0, 0.1) is 13.8 Å². The highest BCUT2D eigenvalue weighted by molar-refractivity contribution is 7.08. The molecule has 0 aliphatic rings. The van der Waals surface area contributed by atoms with Crippen LogP contribution in [0.25, 0.3) is 5.82 Å². The van der Waals surface area contributed by atoms with Crippen LogP contribution in [0.15, 0.2) is 35.5 Å². The van der Waals surface area contributed by atoms with Crippen molar-refractivity contribution in [1.29, 1.82) is 0 Å². The van der Waals surface area contributed by atoms with E-state index in [1.807, 2.05) is 35.2 Å². The van der Waals surface area contributed by atoms with Crippen LogP contribution in [0.2, 0.25) is 0 Å². The molecule has 0 saturated carbocycles. The minimum Gasteiger partial charge on any atom is -0.368 e. The average molecular weight is 342 g/mol. The molecule has 0 bridgehead atoms. The SMILES string of the molecule is Cc1ncn(-c2cc(NCCNC(=O)c3ccsc3)ncn2)c1C.